The number of benzene rings is 1. The van der Waals surface area contributed by atoms with Gasteiger partial charge in [0.05, 0.1) is 24.7 Å². The SMILES string of the molecule is COc1cc2cc([N+](=O)[O-])c(NCC[C@@H](OC3CCCCO3)C(=O)OC(C)(C)C)nc2cc1OC. The molecule has 3 rings (SSSR count). The second-order valence-electron chi connectivity index (χ2n) is 9.18. The number of anilines is 1. The molecule has 1 saturated heterocycles. The Labute approximate surface area is 204 Å². The third kappa shape index (κ3) is 7.15. The first kappa shape index (κ1) is 26.4. The summed E-state index contributed by atoms with van der Waals surface area (Å²) in [7, 11) is 2.99. The molecular weight excluding hydrogens is 458 g/mol. The Morgan fingerprint density at radius 2 is 1.94 bits per heavy atom. The molecule has 1 N–H and O–H groups in total. The fourth-order valence-corrected chi connectivity index (χ4v) is 3.69. The van der Waals surface area contributed by atoms with Gasteiger partial charge in [-0.2, -0.15) is 0 Å². The topological polar surface area (TPSA) is 131 Å². The van der Waals surface area contributed by atoms with Gasteiger partial charge in [-0.1, -0.05) is 0 Å². The summed E-state index contributed by atoms with van der Waals surface area (Å²) in [4.78, 5) is 28.4. The zero-order valence-corrected chi connectivity index (χ0v) is 20.8. The van der Waals surface area contributed by atoms with Gasteiger partial charge < -0.3 is 29.0 Å². The van der Waals surface area contributed by atoms with Gasteiger partial charge in [0.15, 0.2) is 23.9 Å². The quantitative estimate of drug-likeness (QED) is 0.293. The van der Waals surface area contributed by atoms with Gasteiger partial charge in [-0.25, -0.2) is 9.78 Å². The molecule has 0 radical (unpaired) electrons. The second-order valence-corrected chi connectivity index (χ2v) is 9.18. The number of nitro groups is 1. The standard InChI is InChI=1S/C24H33N3O8/c1-24(2,3)35-23(28)18(34-21-8-6-7-11-33-21)9-10-25-22-17(27(29)30)12-15-13-19(31-4)20(32-5)14-16(15)26-22/h12-14,18,21H,6-11H2,1-5H3,(H,25,26)/t18-,21?/m1/s1. The molecule has 0 amide bonds. The number of nitrogens with one attached hydrogen (secondary N) is 1. The highest BCUT2D eigenvalue weighted by Gasteiger charge is 2.30. The Balaban J connectivity index is 1.79. The number of hydrogen-bond acceptors (Lipinski definition) is 10. The van der Waals surface area contributed by atoms with Crippen LogP contribution in [0.1, 0.15) is 46.5 Å². The van der Waals surface area contributed by atoms with Gasteiger partial charge in [0.2, 0.25) is 5.82 Å². The van der Waals surface area contributed by atoms with Gasteiger partial charge in [0.1, 0.15) is 5.60 Å². The van der Waals surface area contributed by atoms with E-state index in [1.807, 2.05) is 0 Å². The molecule has 2 aromatic rings. The lowest BCUT2D eigenvalue weighted by Gasteiger charge is -2.29. The van der Waals surface area contributed by atoms with Crippen molar-refractivity contribution in [2.45, 2.75) is 64.4 Å². The van der Waals surface area contributed by atoms with E-state index >= 15 is 0 Å². The molecule has 1 aromatic heterocycles. The summed E-state index contributed by atoms with van der Waals surface area (Å²) in [5.41, 5.74) is -0.389. The molecule has 0 bridgehead atoms. The van der Waals surface area contributed by atoms with Gasteiger partial charge in [0, 0.05) is 37.1 Å². The monoisotopic (exact) mass is 491 g/mol. The van der Waals surface area contributed by atoms with Crippen LogP contribution in [0.15, 0.2) is 18.2 Å². The van der Waals surface area contributed by atoms with E-state index in [2.05, 4.69) is 10.3 Å². The lowest BCUT2D eigenvalue weighted by Crippen LogP contribution is -2.38. The molecule has 1 unspecified atom stereocenters. The van der Waals surface area contributed by atoms with E-state index in [1.54, 1.807) is 32.9 Å². The van der Waals surface area contributed by atoms with Crippen molar-refractivity contribution in [1.82, 2.24) is 4.98 Å². The predicted octanol–water partition coefficient (Wildman–Crippen LogP) is 4.22. The molecule has 2 heterocycles. The number of fused-ring (bicyclic) bond motifs is 1. The summed E-state index contributed by atoms with van der Waals surface area (Å²) in [6.45, 7) is 6.10. The van der Waals surface area contributed by atoms with Crippen molar-refractivity contribution in [1.29, 1.82) is 0 Å². The minimum atomic E-state index is -0.895. The predicted molar refractivity (Wildman–Crippen MR) is 129 cm³/mol. The maximum Gasteiger partial charge on any atom is 0.335 e. The molecule has 0 spiro atoms. The van der Waals surface area contributed by atoms with Crippen LogP contribution in [0.5, 0.6) is 11.5 Å². The van der Waals surface area contributed by atoms with Crippen LogP contribution in [-0.2, 0) is 19.0 Å². The number of rotatable bonds is 10. The van der Waals surface area contributed by atoms with Crippen LogP contribution in [0, 0.1) is 10.1 Å². The molecule has 2 atom stereocenters. The molecule has 1 fully saturated rings. The highest BCUT2D eigenvalue weighted by molar-refractivity contribution is 5.87. The van der Waals surface area contributed by atoms with Crippen LogP contribution in [0.25, 0.3) is 10.9 Å². The summed E-state index contributed by atoms with van der Waals surface area (Å²) in [6, 6.07) is 4.70. The molecule has 11 nitrogen and oxygen atoms in total. The van der Waals surface area contributed by atoms with Gasteiger partial charge in [0.25, 0.3) is 0 Å². The number of carbonyl (C=O) groups is 1. The number of aromatic nitrogens is 1. The van der Waals surface area contributed by atoms with E-state index < -0.39 is 28.9 Å². The summed E-state index contributed by atoms with van der Waals surface area (Å²) in [6.07, 6.45) is 1.41. The van der Waals surface area contributed by atoms with Gasteiger partial charge in [-0.3, -0.25) is 10.1 Å². The number of carbonyl (C=O) groups excluding carboxylic acids is 1. The third-order valence-electron chi connectivity index (χ3n) is 5.32. The first-order valence-electron chi connectivity index (χ1n) is 11.6. The average molecular weight is 492 g/mol. The Hall–Kier alpha value is -3.18. The van der Waals surface area contributed by atoms with Crippen molar-refractivity contribution in [2.24, 2.45) is 0 Å². The van der Waals surface area contributed by atoms with Crippen molar-refractivity contribution in [3.8, 4) is 11.5 Å². The molecule has 35 heavy (non-hydrogen) atoms. The summed E-state index contributed by atoms with van der Waals surface area (Å²) in [5, 5.41) is 15.2. The van der Waals surface area contributed by atoms with E-state index in [0.717, 1.165) is 12.8 Å². The van der Waals surface area contributed by atoms with E-state index in [1.165, 1.54) is 20.3 Å². The van der Waals surface area contributed by atoms with Crippen LogP contribution in [-0.4, -0.2) is 61.2 Å². The Morgan fingerprint density at radius 3 is 2.54 bits per heavy atom. The minimum Gasteiger partial charge on any atom is -0.493 e. The number of hydrogen-bond donors (Lipinski definition) is 1. The highest BCUT2D eigenvalue weighted by Crippen LogP contribution is 2.35. The zero-order chi connectivity index (χ0) is 25.6. The van der Waals surface area contributed by atoms with E-state index in [-0.39, 0.29) is 24.5 Å². The van der Waals surface area contributed by atoms with Crippen molar-refractivity contribution in [3.05, 3.63) is 28.3 Å². The van der Waals surface area contributed by atoms with Crippen molar-refractivity contribution in [3.63, 3.8) is 0 Å². The largest absolute Gasteiger partial charge is 0.493 e. The molecule has 0 saturated carbocycles. The van der Waals surface area contributed by atoms with Gasteiger partial charge >= 0.3 is 11.7 Å². The fraction of sp³-hybridized carbons (Fsp3) is 0.583. The van der Waals surface area contributed by atoms with Gasteiger partial charge in [-0.05, 0) is 46.1 Å². The number of pyridine rings is 1. The normalized spacial score (nSPS) is 17.0. The van der Waals surface area contributed by atoms with Crippen LogP contribution >= 0.6 is 0 Å². The smallest absolute Gasteiger partial charge is 0.335 e. The minimum absolute atomic E-state index is 0.0755. The number of esters is 1. The molecule has 1 aliphatic rings. The fourth-order valence-electron chi connectivity index (χ4n) is 3.69. The molecular formula is C24H33N3O8. The second kappa shape index (κ2) is 11.5. The highest BCUT2D eigenvalue weighted by atomic mass is 16.7. The van der Waals surface area contributed by atoms with Gasteiger partial charge in [-0.15, -0.1) is 0 Å². The number of ether oxygens (including phenoxy) is 5. The number of nitrogens with zero attached hydrogens (tertiary/aromatic N) is 2. The summed E-state index contributed by atoms with van der Waals surface area (Å²) >= 11 is 0. The number of methoxy groups -OCH3 is 2. The Morgan fingerprint density at radius 1 is 1.23 bits per heavy atom. The lowest BCUT2D eigenvalue weighted by atomic mass is 10.1. The van der Waals surface area contributed by atoms with Crippen LogP contribution in [0.4, 0.5) is 11.5 Å². The molecule has 1 aliphatic heterocycles. The average Bonchev–Trinajstić information content (AvgIpc) is 2.81. The molecule has 1 aromatic carbocycles. The maximum atomic E-state index is 12.8. The van der Waals surface area contributed by atoms with Crippen molar-refractivity contribution in [2.75, 3.05) is 32.7 Å². The summed E-state index contributed by atoms with van der Waals surface area (Å²) < 4.78 is 27.6. The van der Waals surface area contributed by atoms with E-state index in [9.17, 15) is 14.9 Å². The first-order chi connectivity index (χ1) is 16.6. The van der Waals surface area contributed by atoms with E-state index in [4.69, 9.17) is 23.7 Å². The van der Waals surface area contributed by atoms with Crippen molar-refractivity contribution < 1.29 is 33.4 Å². The Kier molecular flexibility index (Phi) is 8.68. The van der Waals surface area contributed by atoms with E-state index in [0.29, 0.717) is 35.4 Å². The first-order valence-corrected chi connectivity index (χ1v) is 11.6. The van der Waals surface area contributed by atoms with Crippen molar-refractivity contribution >= 4 is 28.4 Å². The van der Waals surface area contributed by atoms with Crippen LogP contribution < -0.4 is 14.8 Å². The zero-order valence-electron chi connectivity index (χ0n) is 20.8. The summed E-state index contributed by atoms with van der Waals surface area (Å²) in [5.74, 6) is 0.468. The van der Waals surface area contributed by atoms with Crippen LogP contribution in [0.3, 0.4) is 0 Å². The molecule has 11 heteroatoms. The Bertz CT molecular complexity index is 1050. The lowest BCUT2D eigenvalue weighted by molar-refractivity contribution is -0.384. The maximum absolute atomic E-state index is 12.8. The molecule has 192 valence electrons. The third-order valence-corrected chi connectivity index (χ3v) is 5.32. The van der Waals surface area contributed by atoms with Crippen LogP contribution in [0.2, 0.25) is 0 Å². The molecule has 0 aliphatic carbocycles.